The molecule has 1 aliphatic rings. The first-order chi connectivity index (χ1) is 9.11. The summed E-state index contributed by atoms with van der Waals surface area (Å²) in [5.74, 6) is 0.222. The minimum Gasteiger partial charge on any atom is -0.487 e. The highest BCUT2D eigenvalue weighted by molar-refractivity contribution is 5.36. The lowest BCUT2D eigenvalue weighted by molar-refractivity contribution is 0.00605. The van der Waals surface area contributed by atoms with E-state index in [2.05, 4.69) is 5.32 Å². The second kappa shape index (κ2) is 6.35. The number of ether oxygens (including phenoxy) is 1. The van der Waals surface area contributed by atoms with Crippen molar-refractivity contribution in [2.75, 3.05) is 7.05 Å². The van der Waals surface area contributed by atoms with Gasteiger partial charge in [0.1, 0.15) is 17.7 Å². The fourth-order valence-electron chi connectivity index (χ4n) is 2.50. The average Bonchev–Trinajstić information content (AvgIpc) is 2.41. The summed E-state index contributed by atoms with van der Waals surface area (Å²) in [6.45, 7) is 2.00. The molecule has 0 heterocycles. The van der Waals surface area contributed by atoms with Gasteiger partial charge in [-0.15, -0.1) is 0 Å². The molecular formula is C15H22FNO2. The Morgan fingerprint density at radius 3 is 2.79 bits per heavy atom. The number of hydrogen-bond acceptors (Lipinski definition) is 3. The average molecular weight is 267 g/mol. The van der Waals surface area contributed by atoms with E-state index >= 15 is 0 Å². The zero-order valence-electron chi connectivity index (χ0n) is 11.5. The molecule has 4 heteroatoms. The maximum Gasteiger partial charge on any atom is 0.127 e. The number of hydrogen-bond donors (Lipinski definition) is 2. The number of rotatable bonds is 4. The molecule has 3 atom stereocenters. The van der Waals surface area contributed by atoms with Crippen LogP contribution in [0, 0.1) is 5.82 Å². The SMILES string of the molecule is CNC(C)c1ccc(F)cc1OC1CCCCC1O. The van der Waals surface area contributed by atoms with Gasteiger partial charge < -0.3 is 15.2 Å². The monoisotopic (exact) mass is 267 g/mol. The van der Waals surface area contributed by atoms with E-state index < -0.39 is 6.10 Å². The largest absolute Gasteiger partial charge is 0.487 e. The van der Waals surface area contributed by atoms with Crippen LogP contribution < -0.4 is 10.1 Å². The predicted octanol–water partition coefficient (Wildman–Crippen LogP) is 2.79. The molecule has 2 N–H and O–H groups in total. The molecule has 0 aromatic heterocycles. The molecule has 1 aliphatic carbocycles. The van der Waals surface area contributed by atoms with Crippen molar-refractivity contribution in [2.24, 2.45) is 0 Å². The van der Waals surface area contributed by atoms with Crippen molar-refractivity contribution in [3.8, 4) is 5.75 Å². The van der Waals surface area contributed by atoms with Crippen LogP contribution in [-0.4, -0.2) is 24.4 Å². The van der Waals surface area contributed by atoms with Gasteiger partial charge >= 0.3 is 0 Å². The molecule has 1 saturated carbocycles. The number of nitrogens with one attached hydrogen (secondary N) is 1. The lowest BCUT2D eigenvalue weighted by Gasteiger charge is -2.29. The molecule has 0 radical (unpaired) electrons. The van der Waals surface area contributed by atoms with Crippen molar-refractivity contribution >= 4 is 0 Å². The summed E-state index contributed by atoms with van der Waals surface area (Å²) in [5, 5.41) is 13.1. The molecular weight excluding hydrogens is 245 g/mol. The topological polar surface area (TPSA) is 41.5 Å². The summed E-state index contributed by atoms with van der Waals surface area (Å²) in [6, 6.07) is 4.66. The molecule has 1 fully saturated rings. The summed E-state index contributed by atoms with van der Waals surface area (Å²) < 4.78 is 19.3. The van der Waals surface area contributed by atoms with Crippen LogP contribution in [0.25, 0.3) is 0 Å². The summed E-state index contributed by atoms with van der Waals surface area (Å²) in [6.07, 6.45) is 2.99. The van der Waals surface area contributed by atoms with Crippen LogP contribution in [0.4, 0.5) is 4.39 Å². The maximum atomic E-state index is 13.4. The molecule has 3 unspecified atom stereocenters. The van der Waals surface area contributed by atoms with E-state index in [0.29, 0.717) is 5.75 Å². The van der Waals surface area contributed by atoms with Crippen LogP contribution in [-0.2, 0) is 0 Å². The fourth-order valence-corrected chi connectivity index (χ4v) is 2.50. The molecule has 0 amide bonds. The minimum absolute atomic E-state index is 0.0799. The van der Waals surface area contributed by atoms with Crippen molar-refractivity contribution in [1.29, 1.82) is 0 Å². The highest BCUT2D eigenvalue weighted by Gasteiger charge is 2.26. The number of halogens is 1. The Labute approximate surface area is 113 Å². The van der Waals surface area contributed by atoms with Gasteiger partial charge in [-0.05, 0) is 39.3 Å². The zero-order chi connectivity index (χ0) is 13.8. The van der Waals surface area contributed by atoms with E-state index in [1.165, 1.54) is 12.1 Å². The van der Waals surface area contributed by atoms with Crippen molar-refractivity contribution in [1.82, 2.24) is 5.32 Å². The van der Waals surface area contributed by atoms with Gasteiger partial charge in [-0.2, -0.15) is 0 Å². The van der Waals surface area contributed by atoms with Crippen LogP contribution in [0.15, 0.2) is 18.2 Å². The van der Waals surface area contributed by atoms with Gasteiger partial charge in [-0.1, -0.05) is 12.5 Å². The number of aliphatic hydroxyl groups excluding tert-OH is 1. The molecule has 106 valence electrons. The number of benzene rings is 1. The molecule has 1 aromatic carbocycles. The van der Waals surface area contributed by atoms with Crippen LogP contribution in [0.3, 0.4) is 0 Å². The first-order valence-corrected chi connectivity index (χ1v) is 6.93. The highest BCUT2D eigenvalue weighted by Crippen LogP contribution is 2.30. The highest BCUT2D eigenvalue weighted by atomic mass is 19.1. The second-order valence-electron chi connectivity index (χ2n) is 5.20. The predicted molar refractivity (Wildman–Crippen MR) is 72.8 cm³/mol. The van der Waals surface area contributed by atoms with E-state index in [9.17, 15) is 9.50 Å². The standard InChI is InChI=1S/C15H22FNO2/c1-10(17-2)12-8-7-11(16)9-15(12)19-14-6-4-3-5-13(14)18/h7-10,13-14,17-18H,3-6H2,1-2H3. The molecule has 1 aromatic rings. The summed E-state index contributed by atoms with van der Waals surface area (Å²) in [7, 11) is 1.85. The summed E-state index contributed by atoms with van der Waals surface area (Å²) in [4.78, 5) is 0. The van der Waals surface area contributed by atoms with Gasteiger partial charge in [0.05, 0.1) is 6.10 Å². The van der Waals surface area contributed by atoms with Gasteiger partial charge in [0, 0.05) is 17.7 Å². The maximum absolute atomic E-state index is 13.4. The summed E-state index contributed by atoms with van der Waals surface area (Å²) in [5.41, 5.74) is 0.918. The van der Waals surface area contributed by atoms with Gasteiger partial charge in [-0.25, -0.2) is 4.39 Å². The van der Waals surface area contributed by atoms with Crippen LogP contribution in [0.5, 0.6) is 5.75 Å². The summed E-state index contributed by atoms with van der Waals surface area (Å²) >= 11 is 0. The second-order valence-corrected chi connectivity index (χ2v) is 5.20. The Morgan fingerprint density at radius 2 is 2.11 bits per heavy atom. The molecule has 0 saturated heterocycles. The van der Waals surface area contributed by atoms with Crippen LogP contribution in [0.2, 0.25) is 0 Å². The molecule has 0 bridgehead atoms. The van der Waals surface area contributed by atoms with E-state index in [-0.39, 0.29) is 18.0 Å². The van der Waals surface area contributed by atoms with Crippen molar-refractivity contribution in [2.45, 2.75) is 50.9 Å². The third kappa shape index (κ3) is 3.45. The Hall–Kier alpha value is -1.13. The Bertz CT molecular complexity index is 425. The van der Waals surface area contributed by atoms with Crippen LogP contribution >= 0.6 is 0 Å². The van der Waals surface area contributed by atoms with Gasteiger partial charge in [0.15, 0.2) is 0 Å². The third-order valence-electron chi connectivity index (χ3n) is 3.82. The lowest BCUT2D eigenvalue weighted by atomic mass is 9.94. The van der Waals surface area contributed by atoms with Gasteiger partial charge in [-0.3, -0.25) is 0 Å². The molecule has 2 rings (SSSR count). The van der Waals surface area contributed by atoms with Gasteiger partial charge in [0.25, 0.3) is 0 Å². The zero-order valence-corrected chi connectivity index (χ0v) is 11.5. The molecule has 0 spiro atoms. The molecule has 19 heavy (non-hydrogen) atoms. The van der Waals surface area contributed by atoms with Crippen molar-refractivity contribution in [3.05, 3.63) is 29.6 Å². The first-order valence-electron chi connectivity index (χ1n) is 6.93. The van der Waals surface area contributed by atoms with Crippen molar-refractivity contribution in [3.63, 3.8) is 0 Å². The Balaban J connectivity index is 2.19. The normalized spacial score (nSPS) is 25.1. The van der Waals surface area contributed by atoms with E-state index in [1.807, 2.05) is 14.0 Å². The molecule has 3 nitrogen and oxygen atoms in total. The Kier molecular flexibility index (Phi) is 4.77. The van der Waals surface area contributed by atoms with Crippen LogP contribution in [0.1, 0.15) is 44.2 Å². The van der Waals surface area contributed by atoms with E-state index in [0.717, 1.165) is 31.2 Å². The number of aliphatic hydroxyl groups is 1. The quantitative estimate of drug-likeness (QED) is 0.881. The van der Waals surface area contributed by atoms with Gasteiger partial charge in [0.2, 0.25) is 0 Å². The lowest BCUT2D eigenvalue weighted by Crippen LogP contribution is -2.35. The van der Waals surface area contributed by atoms with E-state index in [4.69, 9.17) is 4.74 Å². The third-order valence-corrected chi connectivity index (χ3v) is 3.82. The minimum atomic E-state index is -0.449. The fraction of sp³-hybridized carbons (Fsp3) is 0.600. The Morgan fingerprint density at radius 1 is 1.37 bits per heavy atom. The first kappa shape index (κ1) is 14.3. The molecule has 0 aliphatic heterocycles. The smallest absolute Gasteiger partial charge is 0.127 e. The van der Waals surface area contributed by atoms with Crippen molar-refractivity contribution < 1.29 is 14.2 Å². The van der Waals surface area contributed by atoms with E-state index in [1.54, 1.807) is 6.07 Å².